The van der Waals surface area contributed by atoms with E-state index >= 15 is 0 Å². The van der Waals surface area contributed by atoms with Crippen LogP contribution in [-0.4, -0.2) is 54.5 Å². The van der Waals surface area contributed by atoms with Crippen LogP contribution in [0.3, 0.4) is 0 Å². The molecule has 0 saturated carbocycles. The number of rotatable bonds is 2. The summed E-state index contributed by atoms with van der Waals surface area (Å²) < 4.78 is 5.00. The van der Waals surface area contributed by atoms with E-state index in [9.17, 15) is 20.4 Å². The maximum atomic E-state index is 9.83. The minimum absolute atomic E-state index is 0.203. The average Bonchev–Trinajstić information content (AvgIpc) is 2.81. The second-order valence-electron chi connectivity index (χ2n) is 3.99. The minimum atomic E-state index is -1.88. The number of ether oxygens (including phenoxy) is 1. The minimum Gasteiger partial charge on any atom is -0.387 e. The smallest absolute Gasteiger partial charge is 0.192 e. The molecule has 2 heterocycles. The lowest BCUT2D eigenvalue weighted by Gasteiger charge is -2.21. The average molecular weight is 230 g/mol. The maximum Gasteiger partial charge on any atom is 0.192 e. The molecule has 0 amide bonds. The third kappa shape index (κ3) is 1.72. The summed E-state index contributed by atoms with van der Waals surface area (Å²) in [4.78, 5) is 6.47. The number of H-pyrrole nitrogens is 1. The summed E-state index contributed by atoms with van der Waals surface area (Å²) in [6, 6.07) is 0. The molecule has 0 spiro atoms. The van der Waals surface area contributed by atoms with Crippen LogP contribution in [-0.2, 0) is 4.74 Å². The highest BCUT2D eigenvalue weighted by Gasteiger charge is 2.53. The van der Waals surface area contributed by atoms with Gasteiger partial charge in [-0.15, -0.1) is 0 Å². The number of nitrogens with zero attached hydrogens (tertiary/aromatic N) is 1. The third-order valence-corrected chi connectivity index (χ3v) is 2.69. The van der Waals surface area contributed by atoms with Crippen LogP contribution >= 0.6 is 0 Å². The first-order valence-electron chi connectivity index (χ1n) is 4.87. The van der Waals surface area contributed by atoms with Gasteiger partial charge < -0.3 is 30.1 Å². The molecular formula is C9H14N2O5. The van der Waals surface area contributed by atoms with Gasteiger partial charge >= 0.3 is 0 Å². The van der Waals surface area contributed by atoms with Gasteiger partial charge in [-0.1, -0.05) is 0 Å². The van der Waals surface area contributed by atoms with Gasteiger partial charge in [0.05, 0.1) is 0 Å². The van der Waals surface area contributed by atoms with Crippen molar-refractivity contribution in [2.45, 2.75) is 37.1 Å². The topological polar surface area (TPSA) is 119 Å². The zero-order valence-corrected chi connectivity index (χ0v) is 8.61. The Kier molecular flexibility index (Phi) is 2.72. The van der Waals surface area contributed by atoms with Gasteiger partial charge in [0.2, 0.25) is 0 Å². The van der Waals surface area contributed by atoms with Gasteiger partial charge in [0.1, 0.15) is 30.2 Å². The molecule has 1 aromatic heterocycles. The fraction of sp³-hybridized carbons (Fsp3) is 0.667. The van der Waals surface area contributed by atoms with E-state index in [2.05, 4.69) is 9.97 Å². The van der Waals surface area contributed by atoms with E-state index in [4.69, 9.17) is 4.74 Å². The van der Waals surface area contributed by atoms with E-state index in [0.29, 0.717) is 0 Å². The van der Waals surface area contributed by atoms with Crippen LogP contribution in [0.2, 0.25) is 0 Å². The van der Waals surface area contributed by atoms with E-state index in [1.165, 1.54) is 19.3 Å². The van der Waals surface area contributed by atoms with Crippen molar-refractivity contribution >= 4 is 0 Å². The molecule has 7 nitrogen and oxygen atoms in total. The first-order chi connectivity index (χ1) is 7.43. The molecule has 0 aromatic carbocycles. The Morgan fingerprint density at radius 1 is 1.56 bits per heavy atom. The normalized spacial score (nSPS) is 41.2. The second kappa shape index (κ2) is 3.79. The van der Waals surface area contributed by atoms with Crippen molar-refractivity contribution in [2.75, 3.05) is 0 Å². The summed E-state index contributed by atoms with van der Waals surface area (Å²) in [6.07, 6.45) is -2.27. The van der Waals surface area contributed by atoms with Crippen molar-refractivity contribution in [1.29, 1.82) is 0 Å². The van der Waals surface area contributed by atoms with Gasteiger partial charge in [-0.25, -0.2) is 4.98 Å². The molecule has 0 aliphatic carbocycles. The number of aliphatic hydroxyl groups excluding tert-OH is 3. The first-order valence-corrected chi connectivity index (χ1v) is 4.87. The van der Waals surface area contributed by atoms with Crippen LogP contribution in [0.5, 0.6) is 0 Å². The summed E-state index contributed by atoms with van der Waals surface area (Å²) >= 11 is 0. The number of hydrogen-bond donors (Lipinski definition) is 5. The van der Waals surface area contributed by atoms with Crippen LogP contribution < -0.4 is 0 Å². The third-order valence-electron chi connectivity index (χ3n) is 2.69. The van der Waals surface area contributed by atoms with Crippen molar-refractivity contribution in [3.8, 4) is 0 Å². The van der Waals surface area contributed by atoms with Crippen LogP contribution in [0, 0.1) is 0 Å². The summed E-state index contributed by atoms with van der Waals surface area (Å²) in [5, 5.41) is 38.5. The van der Waals surface area contributed by atoms with Crippen molar-refractivity contribution in [2.24, 2.45) is 0 Å². The van der Waals surface area contributed by atoms with Crippen LogP contribution in [0.15, 0.2) is 12.4 Å². The Balaban J connectivity index is 2.18. The molecule has 1 fully saturated rings. The Morgan fingerprint density at radius 2 is 2.25 bits per heavy atom. The second-order valence-corrected chi connectivity index (χ2v) is 3.99. The highest BCUT2D eigenvalue weighted by Crippen LogP contribution is 2.34. The van der Waals surface area contributed by atoms with Gasteiger partial charge in [0.25, 0.3) is 0 Å². The van der Waals surface area contributed by atoms with E-state index in [0.717, 1.165) is 0 Å². The molecular weight excluding hydrogens is 216 g/mol. The number of aromatic nitrogens is 2. The SMILES string of the molecule is CC1(O)O[C@H](C(O)c2ncc[nH]2)[C@@H](O)[C@H]1O. The molecule has 90 valence electrons. The van der Waals surface area contributed by atoms with Gasteiger partial charge in [0.15, 0.2) is 5.79 Å². The summed E-state index contributed by atoms with van der Waals surface area (Å²) in [6.45, 7) is 1.22. The van der Waals surface area contributed by atoms with Crippen LogP contribution in [0.1, 0.15) is 18.9 Å². The fourth-order valence-corrected chi connectivity index (χ4v) is 1.76. The molecule has 1 saturated heterocycles. The van der Waals surface area contributed by atoms with E-state index in [1.807, 2.05) is 0 Å². The molecule has 2 unspecified atom stereocenters. The zero-order valence-electron chi connectivity index (χ0n) is 8.61. The monoisotopic (exact) mass is 230 g/mol. The molecule has 0 radical (unpaired) electrons. The molecule has 5 atom stereocenters. The lowest BCUT2D eigenvalue weighted by Crippen LogP contribution is -2.40. The number of aliphatic hydroxyl groups is 4. The Hall–Kier alpha value is -0.990. The molecule has 0 bridgehead atoms. The lowest BCUT2D eigenvalue weighted by atomic mass is 10.0. The number of nitrogens with one attached hydrogen (secondary N) is 1. The molecule has 7 heteroatoms. The quantitative estimate of drug-likeness (QED) is 0.412. The maximum absolute atomic E-state index is 9.83. The molecule has 1 aliphatic heterocycles. The number of aromatic amines is 1. The van der Waals surface area contributed by atoms with E-state index < -0.39 is 30.2 Å². The van der Waals surface area contributed by atoms with Gasteiger partial charge in [0, 0.05) is 12.4 Å². The van der Waals surface area contributed by atoms with Crippen LogP contribution in [0.25, 0.3) is 0 Å². The van der Waals surface area contributed by atoms with E-state index in [-0.39, 0.29) is 5.82 Å². The van der Waals surface area contributed by atoms with Crippen molar-refractivity contribution in [3.63, 3.8) is 0 Å². The Bertz CT molecular complexity index is 353. The Morgan fingerprint density at radius 3 is 2.69 bits per heavy atom. The zero-order chi connectivity index (χ0) is 11.9. The molecule has 1 aromatic rings. The standard InChI is InChI=1S/C9H14N2O5/c1-9(15)7(14)4(12)6(16-9)5(13)8-10-2-3-11-8/h2-7,12-15H,1H3,(H,10,11)/t4-,5?,6+,7-,9?/m1/s1. The predicted molar refractivity (Wildman–Crippen MR) is 51.1 cm³/mol. The van der Waals surface area contributed by atoms with Crippen molar-refractivity contribution in [1.82, 2.24) is 9.97 Å². The lowest BCUT2D eigenvalue weighted by molar-refractivity contribution is -0.225. The first kappa shape index (κ1) is 11.5. The number of imidazole rings is 1. The van der Waals surface area contributed by atoms with Crippen molar-refractivity contribution in [3.05, 3.63) is 18.2 Å². The predicted octanol–water partition coefficient (Wildman–Crippen LogP) is -1.73. The molecule has 1 aliphatic rings. The molecule has 16 heavy (non-hydrogen) atoms. The summed E-state index contributed by atoms with van der Waals surface area (Å²) in [7, 11) is 0. The van der Waals surface area contributed by atoms with Crippen molar-refractivity contribution < 1.29 is 25.2 Å². The molecule has 2 rings (SSSR count). The van der Waals surface area contributed by atoms with Gasteiger partial charge in [-0.05, 0) is 6.92 Å². The van der Waals surface area contributed by atoms with Crippen LogP contribution in [0.4, 0.5) is 0 Å². The largest absolute Gasteiger partial charge is 0.387 e. The van der Waals surface area contributed by atoms with Gasteiger partial charge in [-0.3, -0.25) is 0 Å². The highest BCUT2D eigenvalue weighted by atomic mass is 16.7. The summed E-state index contributed by atoms with van der Waals surface area (Å²) in [5.74, 6) is -1.67. The fourth-order valence-electron chi connectivity index (χ4n) is 1.76. The van der Waals surface area contributed by atoms with Gasteiger partial charge in [-0.2, -0.15) is 0 Å². The highest BCUT2D eigenvalue weighted by molar-refractivity contribution is 5.03. The number of hydrogen-bond acceptors (Lipinski definition) is 6. The summed E-state index contributed by atoms with van der Waals surface area (Å²) in [5.41, 5.74) is 0. The molecule has 5 N–H and O–H groups in total. The Labute approximate surface area is 91.3 Å². The van der Waals surface area contributed by atoms with E-state index in [1.54, 1.807) is 0 Å².